The lowest BCUT2D eigenvalue weighted by molar-refractivity contribution is 0.238. The van der Waals surface area contributed by atoms with Crippen molar-refractivity contribution in [2.24, 2.45) is 0 Å². The third-order valence-corrected chi connectivity index (χ3v) is 4.56. The zero-order valence-electron chi connectivity index (χ0n) is 12.7. The van der Waals surface area contributed by atoms with Crippen LogP contribution >= 0.6 is 11.3 Å². The third-order valence-electron chi connectivity index (χ3n) is 3.61. The number of para-hydroxylation sites is 1. The number of carbonyl (C=O) groups is 1. The van der Waals surface area contributed by atoms with Crippen molar-refractivity contribution in [1.82, 2.24) is 15.2 Å². The Morgan fingerprint density at radius 2 is 2.19 bits per heavy atom. The molecule has 0 aliphatic rings. The molecule has 1 aromatic carbocycles. The van der Waals surface area contributed by atoms with Crippen LogP contribution in [0.1, 0.15) is 20.3 Å². The maximum Gasteiger partial charge on any atom is 0.321 e. The standard InChI is InChI=1S/C15H22N4OS/c1-4-11(2)19(3)10-9-16-14(20)18-15-17-12-7-5-6-8-13(12)21-15/h5-8,11H,4,9-10H2,1-3H3,(H2,16,17,18,20). The number of anilines is 1. The molecular weight excluding hydrogens is 284 g/mol. The summed E-state index contributed by atoms with van der Waals surface area (Å²) in [6.45, 7) is 5.80. The van der Waals surface area contributed by atoms with Gasteiger partial charge in [0.05, 0.1) is 10.2 Å². The van der Waals surface area contributed by atoms with Gasteiger partial charge in [-0.05, 0) is 32.5 Å². The van der Waals surface area contributed by atoms with Gasteiger partial charge in [0.2, 0.25) is 0 Å². The van der Waals surface area contributed by atoms with Crippen molar-refractivity contribution in [3.63, 3.8) is 0 Å². The van der Waals surface area contributed by atoms with Gasteiger partial charge in [-0.1, -0.05) is 30.4 Å². The first kappa shape index (κ1) is 15.7. The number of amides is 2. The number of nitrogens with zero attached hydrogens (tertiary/aromatic N) is 2. The predicted octanol–water partition coefficient (Wildman–Crippen LogP) is 3.15. The van der Waals surface area contributed by atoms with Gasteiger partial charge in [0.15, 0.2) is 5.13 Å². The van der Waals surface area contributed by atoms with Crippen LogP contribution in [0.2, 0.25) is 0 Å². The second-order valence-electron chi connectivity index (χ2n) is 5.11. The van der Waals surface area contributed by atoms with Crippen molar-refractivity contribution in [3.05, 3.63) is 24.3 Å². The minimum absolute atomic E-state index is 0.202. The maximum atomic E-state index is 11.8. The monoisotopic (exact) mass is 306 g/mol. The van der Waals surface area contributed by atoms with Crippen LogP contribution in [0.5, 0.6) is 0 Å². The average molecular weight is 306 g/mol. The topological polar surface area (TPSA) is 57.3 Å². The number of aromatic nitrogens is 1. The Kier molecular flexibility index (Phi) is 5.52. The summed E-state index contributed by atoms with van der Waals surface area (Å²) in [5.41, 5.74) is 0.911. The van der Waals surface area contributed by atoms with E-state index >= 15 is 0 Å². The van der Waals surface area contributed by atoms with E-state index in [0.717, 1.165) is 23.2 Å². The van der Waals surface area contributed by atoms with E-state index in [0.29, 0.717) is 17.7 Å². The molecule has 114 valence electrons. The number of thiazole rings is 1. The van der Waals surface area contributed by atoms with E-state index in [1.165, 1.54) is 11.3 Å². The molecule has 0 spiro atoms. The number of hydrogen-bond donors (Lipinski definition) is 2. The van der Waals surface area contributed by atoms with Gasteiger partial charge in [-0.3, -0.25) is 5.32 Å². The fourth-order valence-corrected chi connectivity index (χ4v) is 2.81. The molecule has 0 saturated heterocycles. The summed E-state index contributed by atoms with van der Waals surface area (Å²) in [5.74, 6) is 0. The zero-order valence-corrected chi connectivity index (χ0v) is 13.5. The Hall–Kier alpha value is -1.66. The lowest BCUT2D eigenvalue weighted by Crippen LogP contribution is -2.38. The number of rotatable bonds is 6. The molecule has 0 saturated carbocycles. The molecule has 1 unspecified atom stereocenters. The summed E-state index contributed by atoms with van der Waals surface area (Å²) in [7, 11) is 2.07. The second-order valence-corrected chi connectivity index (χ2v) is 6.14. The molecule has 0 fully saturated rings. The third kappa shape index (κ3) is 4.41. The number of urea groups is 1. The number of nitrogens with one attached hydrogen (secondary N) is 2. The Balaban J connectivity index is 1.79. The minimum atomic E-state index is -0.202. The van der Waals surface area contributed by atoms with Crippen LogP contribution in [0, 0.1) is 0 Å². The molecule has 2 amide bonds. The first-order valence-corrected chi connectivity index (χ1v) is 8.02. The molecule has 2 N–H and O–H groups in total. The van der Waals surface area contributed by atoms with E-state index in [2.05, 4.69) is 41.4 Å². The largest absolute Gasteiger partial charge is 0.337 e. The highest BCUT2D eigenvalue weighted by atomic mass is 32.1. The summed E-state index contributed by atoms with van der Waals surface area (Å²) in [4.78, 5) is 18.4. The van der Waals surface area contributed by atoms with Crippen LogP contribution in [0.4, 0.5) is 9.93 Å². The Morgan fingerprint density at radius 1 is 1.43 bits per heavy atom. The number of carbonyl (C=O) groups excluding carboxylic acids is 1. The molecule has 2 aromatic rings. The van der Waals surface area contributed by atoms with Crippen molar-refractivity contribution in [2.45, 2.75) is 26.3 Å². The first-order chi connectivity index (χ1) is 10.1. The smallest absolute Gasteiger partial charge is 0.321 e. The SMILES string of the molecule is CCC(C)N(C)CCNC(=O)Nc1nc2ccccc2s1. The highest BCUT2D eigenvalue weighted by Gasteiger charge is 2.09. The van der Waals surface area contributed by atoms with Crippen LogP contribution in [-0.4, -0.2) is 42.1 Å². The van der Waals surface area contributed by atoms with E-state index in [9.17, 15) is 4.79 Å². The molecule has 21 heavy (non-hydrogen) atoms. The Morgan fingerprint density at radius 3 is 2.90 bits per heavy atom. The summed E-state index contributed by atoms with van der Waals surface area (Å²) in [5, 5.41) is 6.28. The Bertz CT molecular complexity index is 565. The first-order valence-electron chi connectivity index (χ1n) is 7.20. The summed E-state index contributed by atoms with van der Waals surface area (Å²) in [6, 6.07) is 8.17. The van der Waals surface area contributed by atoms with Crippen molar-refractivity contribution in [1.29, 1.82) is 0 Å². The van der Waals surface area contributed by atoms with Gasteiger partial charge >= 0.3 is 6.03 Å². The minimum Gasteiger partial charge on any atom is -0.337 e. The number of hydrogen-bond acceptors (Lipinski definition) is 4. The van der Waals surface area contributed by atoms with Gasteiger partial charge < -0.3 is 10.2 Å². The average Bonchev–Trinajstić information content (AvgIpc) is 2.88. The van der Waals surface area contributed by atoms with Crippen LogP contribution in [-0.2, 0) is 0 Å². The second kappa shape index (κ2) is 7.38. The van der Waals surface area contributed by atoms with E-state index in [1.54, 1.807) is 0 Å². The van der Waals surface area contributed by atoms with Crippen molar-refractivity contribution in [2.75, 3.05) is 25.5 Å². The Labute approximate surface area is 129 Å². The molecule has 2 rings (SSSR count). The van der Waals surface area contributed by atoms with E-state index in [4.69, 9.17) is 0 Å². The normalized spacial score (nSPS) is 12.6. The van der Waals surface area contributed by atoms with Crippen LogP contribution in [0.25, 0.3) is 10.2 Å². The fourth-order valence-electron chi connectivity index (χ4n) is 1.94. The molecule has 0 aliphatic heterocycles. The zero-order chi connectivity index (χ0) is 15.2. The summed E-state index contributed by atoms with van der Waals surface area (Å²) in [6.07, 6.45) is 1.11. The van der Waals surface area contributed by atoms with Gasteiger partial charge in [-0.25, -0.2) is 9.78 Å². The molecule has 0 radical (unpaired) electrons. The van der Waals surface area contributed by atoms with Crippen LogP contribution in [0.15, 0.2) is 24.3 Å². The number of benzene rings is 1. The molecular formula is C15H22N4OS. The van der Waals surface area contributed by atoms with Crippen LogP contribution in [0.3, 0.4) is 0 Å². The molecule has 0 bridgehead atoms. The van der Waals surface area contributed by atoms with Crippen molar-refractivity contribution in [3.8, 4) is 0 Å². The number of fused-ring (bicyclic) bond motifs is 1. The molecule has 1 heterocycles. The molecule has 1 atom stereocenters. The van der Waals surface area contributed by atoms with Gasteiger partial charge in [-0.2, -0.15) is 0 Å². The summed E-state index contributed by atoms with van der Waals surface area (Å²) < 4.78 is 1.07. The van der Waals surface area contributed by atoms with E-state index < -0.39 is 0 Å². The van der Waals surface area contributed by atoms with Crippen molar-refractivity contribution < 1.29 is 4.79 Å². The van der Waals surface area contributed by atoms with Gasteiger partial charge in [0.25, 0.3) is 0 Å². The lowest BCUT2D eigenvalue weighted by Gasteiger charge is -2.23. The van der Waals surface area contributed by atoms with E-state index in [1.807, 2.05) is 24.3 Å². The maximum absolute atomic E-state index is 11.8. The fraction of sp³-hybridized carbons (Fsp3) is 0.467. The molecule has 1 aromatic heterocycles. The van der Waals surface area contributed by atoms with Gasteiger partial charge in [-0.15, -0.1) is 0 Å². The van der Waals surface area contributed by atoms with E-state index in [-0.39, 0.29) is 6.03 Å². The highest BCUT2D eigenvalue weighted by Crippen LogP contribution is 2.25. The molecule has 6 heteroatoms. The molecule has 5 nitrogen and oxygen atoms in total. The number of likely N-dealkylation sites (N-methyl/N-ethyl adjacent to an activating group) is 1. The molecule has 0 aliphatic carbocycles. The van der Waals surface area contributed by atoms with Crippen molar-refractivity contribution >= 4 is 32.7 Å². The van der Waals surface area contributed by atoms with Gasteiger partial charge in [0.1, 0.15) is 0 Å². The van der Waals surface area contributed by atoms with Crippen LogP contribution < -0.4 is 10.6 Å². The van der Waals surface area contributed by atoms with Gasteiger partial charge in [0, 0.05) is 19.1 Å². The summed E-state index contributed by atoms with van der Waals surface area (Å²) >= 11 is 1.48. The highest BCUT2D eigenvalue weighted by molar-refractivity contribution is 7.22. The predicted molar refractivity (Wildman–Crippen MR) is 89.0 cm³/mol. The quantitative estimate of drug-likeness (QED) is 0.862. The lowest BCUT2D eigenvalue weighted by atomic mass is 10.2.